The smallest absolute Gasteiger partial charge is 0.352 e. The van der Waals surface area contributed by atoms with E-state index >= 15 is 0 Å². The monoisotopic (exact) mass is 490 g/mol. The lowest BCUT2D eigenvalue weighted by molar-refractivity contribution is -0.137. The molecule has 2 aromatic carbocycles. The van der Waals surface area contributed by atoms with Gasteiger partial charge in [0.2, 0.25) is 0 Å². The first-order valence-electron chi connectivity index (χ1n) is 13.1. The average Bonchev–Trinajstić information content (AvgIpc) is 2.85. The van der Waals surface area contributed by atoms with Crippen molar-refractivity contribution in [2.45, 2.75) is 96.2 Å². The summed E-state index contributed by atoms with van der Waals surface area (Å²) in [5, 5.41) is 2.99. The Labute approximate surface area is 208 Å². The van der Waals surface area contributed by atoms with Crippen molar-refractivity contribution >= 4 is 5.91 Å². The Balaban J connectivity index is 1.62. The summed E-state index contributed by atoms with van der Waals surface area (Å²) in [5.74, 6) is -0.0612. The molecule has 1 atom stereocenters. The van der Waals surface area contributed by atoms with Gasteiger partial charge in [-0.2, -0.15) is 13.2 Å². The summed E-state index contributed by atoms with van der Waals surface area (Å²) in [5.41, 5.74) is 7.85. The van der Waals surface area contributed by atoms with Crippen LogP contribution in [0, 0.1) is 0 Å². The Bertz CT molecular complexity index is 848. The molecule has 0 saturated heterocycles. The number of benzene rings is 2. The van der Waals surface area contributed by atoms with Crippen molar-refractivity contribution in [3.8, 4) is 0 Å². The summed E-state index contributed by atoms with van der Waals surface area (Å²) in [6.07, 6.45) is 9.62. The summed E-state index contributed by atoms with van der Waals surface area (Å²) < 4.78 is 38.1. The molecular formula is C29H41F3N2O. The Morgan fingerprint density at radius 2 is 1.37 bits per heavy atom. The number of amides is 1. The minimum Gasteiger partial charge on any atom is -0.352 e. The third-order valence-corrected chi connectivity index (χ3v) is 6.44. The summed E-state index contributed by atoms with van der Waals surface area (Å²) in [7, 11) is 0. The van der Waals surface area contributed by atoms with E-state index in [1.165, 1.54) is 63.5 Å². The first-order chi connectivity index (χ1) is 16.8. The van der Waals surface area contributed by atoms with Crippen LogP contribution in [0.5, 0.6) is 0 Å². The van der Waals surface area contributed by atoms with E-state index in [4.69, 9.17) is 5.73 Å². The van der Waals surface area contributed by atoms with Crippen molar-refractivity contribution in [2.24, 2.45) is 5.73 Å². The molecule has 35 heavy (non-hydrogen) atoms. The predicted octanol–water partition coefficient (Wildman–Crippen LogP) is 7.99. The largest absolute Gasteiger partial charge is 0.416 e. The van der Waals surface area contributed by atoms with E-state index in [1.54, 1.807) is 0 Å². The number of halogens is 3. The lowest BCUT2D eigenvalue weighted by Crippen LogP contribution is -2.24. The van der Waals surface area contributed by atoms with Crippen LogP contribution in [-0.2, 0) is 12.6 Å². The van der Waals surface area contributed by atoms with Crippen molar-refractivity contribution in [1.29, 1.82) is 0 Å². The van der Waals surface area contributed by atoms with Gasteiger partial charge in [0.1, 0.15) is 0 Å². The number of hydrogen-bond donors (Lipinski definition) is 2. The van der Waals surface area contributed by atoms with E-state index in [1.807, 2.05) is 24.3 Å². The van der Waals surface area contributed by atoms with Crippen molar-refractivity contribution in [2.75, 3.05) is 6.54 Å². The normalized spacial score (nSPS) is 12.5. The molecule has 3 nitrogen and oxygen atoms in total. The molecule has 0 spiro atoms. The van der Waals surface area contributed by atoms with Gasteiger partial charge in [-0.3, -0.25) is 4.79 Å². The molecule has 2 rings (SSSR count). The highest BCUT2D eigenvalue weighted by Gasteiger charge is 2.30. The fourth-order valence-corrected chi connectivity index (χ4v) is 4.15. The predicted molar refractivity (Wildman–Crippen MR) is 137 cm³/mol. The van der Waals surface area contributed by atoms with Crippen LogP contribution in [-0.4, -0.2) is 12.5 Å². The van der Waals surface area contributed by atoms with Crippen LogP contribution in [0.1, 0.15) is 111 Å². The van der Waals surface area contributed by atoms with Crippen molar-refractivity contribution in [3.05, 3.63) is 70.8 Å². The van der Waals surface area contributed by atoms with Gasteiger partial charge in [0.15, 0.2) is 0 Å². The number of nitrogens with one attached hydrogen (secondary N) is 1. The summed E-state index contributed by atoms with van der Waals surface area (Å²) in [4.78, 5) is 12.4. The number of aryl methyl sites for hydroxylation is 1. The number of rotatable bonds is 16. The van der Waals surface area contributed by atoms with Crippen LogP contribution in [0.3, 0.4) is 0 Å². The molecule has 2 aromatic rings. The van der Waals surface area contributed by atoms with Gasteiger partial charge >= 0.3 is 6.18 Å². The molecular weight excluding hydrogens is 449 g/mol. The van der Waals surface area contributed by atoms with E-state index in [-0.39, 0.29) is 11.9 Å². The number of carbonyl (C=O) groups is 1. The van der Waals surface area contributed by atoms with Crippen LogP contribution in [0.4, 0.5) is 13.2 Å². The molecule has 6 heteroatoms. The highest BCUT2D eigenvalue weighted by Crippen LogP contribution is 2.30. The second-order valence-corrected chi connectivity index (χ2v) is 9.40. The standard InChI is InChI=1S/C29H41F3N2O/c1-2-3-4-5-6-7-8-9-10-11-22-34-28(35)25-15-12-23(13-16-25)14-21-27(33)24-17-19-26(20-18-24)29(30,31)32/h12-13,15-20,27H,2-11,14,21-22,33H2,1H3,(H,34,35). The second kappa shape index (κ2) is 15.6. The fourth-order valence-electron chi connectivity index (χ4n) is 4.15. The van der Waals surface area contributed by atoms with Gasteiger partial charge in [0, 0.05) is 18.2 Å². The van der Waals surface area contributed by atoms with E-state index in [0.29, 0.717) is 30.5 Å². The van der Waals surface area contributed by atoms with Crippen molar-refractivity contribution in [1.82, 2.24) is 5.32 Å². The van der Waals surface area contributed by atoms with Gasteiger partial charge in [-0.25, -0.2) is 0 Å². The van der Waals surface area contributed by atoms with Gasteiger partial charge in [-0.05, 0) is 54.7 Å². The fraction of sp³-hybridized carbons (Fsp3) is 0.552. The number of alkyl halides is 3. The van der Waals surface area contributed by atoms with Crippen LogP contribution in [0.2, 0.25) is 0 Å². The SMILES string of the molecule is CCCCCCCCCCCCNC(=O)c1ccc(CCC(N)c2ccc(C(F)(F)F)cc2)cc1. The van der Waals surface area contributed by atoms with E-state index in [0.717, 1.165) is 30.5 Å². The maximum absolute atomic E-state index is 12.7. The zero-order chi connectivity index (χ0) is 25.5. The Morgan fingerprint density at radius 3 is 1.91 bits per heavy atom. The lowest BCUT2D eigenvalue weighted by Gasteiger charge is -2.14. The third kappa shape index (κ3) is 11.3. The minimum atomic E-state index is -4.34. The molecule has 0 fully saturated rings. The quantitative estimate of drug-likeness (QED) is 0.234. The van der Waals surface area contributed by atoms with E-state index in [2.05, 4.69) is 12.2 Å². The second-order valence-electron chi connectivity index (χ2n) is 9.40. The molecule has 1 unspecified atom stereocenters. The molecule has 0 bridgehead atoms. The summed E-state index contributed by atoms with van der Waals surface area (Å²) in [6.45, 7) is 2.93. The molecule has 3 N–H and O–H groups in total. The summed E-state index contributed by atoms with van der Waals surface area (Å²) in [6, 6.07) is 12.1. The molecule has 0 aliphatic heterocycles. The highest BCUT2D eigenvalue weighted by atomic mass is 19.4. The zero-order valence-corrected chi connectivity index (χ0v) is 21.0. The number of hydrogen-bond acceptors (Lipinski definition) is 2. The molecule has 0 heterocycles. The van der Waals surface area contributed by atoms with Crippen LogP contribution < -0.4 is 11.1 Å². The molecule has 0 saturated carbocycles. The maximum Gasteiger partial charge on any atom is 0.416 e. The van der Waals surface area contributed by atoms with Gasteiger partial charge in [0.25, 0.3) is 5.91 Å². The van der Waals surface area contributed by atoms with E-state index < -0.39 is 11.7 Å². The summed E-state index contributed by atoms with van der Waals surface area (Å²) >= 11 is 0. The third-order valence-electron chi connectivity index (χ3n) is 6.44. The molecule has 0 radical (unpaired) electrons. The number of carbonyl (C=O) groups excluding carboxylic acids is 1. The zero-order valence-electron chi connectivity index (χ0n) is 21.0. The average molecular weight is 491 g/mol. The Kier molecular flexibility index (Phi) is 12.9. The number of unbranched alkanes of at least 4 members (excludes halogenated alkanes) is 9. The maximum atomic E-state index is 12.7. The lowest BCUT2D eigenvalue weighted by atomic mass is 9.98. The van der Waals surface area contributed by atoms with Gasteiger partial charge < -0.3 is 11.1 Å². The molecule has 1 amide bonds. The van der Waals surface area contributed by atoms with Crippen molar-refractivity contribution in [3.63, 3.8) is 0 Å². The first kappa shape index (κ1) is 28.9. The highest BCUT2D eigenvalue weighted by molar-refractivity contribution is 5.94. The van der Waals surface area contributed by atoms with Gasteiger partial charge in [-0.15, -0.1) is 0 Å². The van der Waals surface area contributed by atoms with Crippen molar-refractivity contribution < 1.29 is 18.0 Å². The topological polar surface area (TPSA) is 55.1 Å². The minimum absolute atomic E-state index is 0.0612. The first-order valence-corrected chi connectivity index (χ1v) is 13.1. The van der Waals surface area contributed by atoms with Gasteiger partial charge in [-0.1, -0.05) is 89.0 Å². The molecule has 0 aromatic heterocycles. The molecule has 194 valence electrons. The Hall–Kier alpha value is -2.34. The van der Waals surface area contributed by atoms with Crippen LogP contribution in [0.25, 0.3) is 0 Å². The van der Waals surface area contributed by atoms with E-state index in [9.17, 15) is 18.0 Å². The molecule has 0 aliphatic rings. The number of nitrogens with two attached hydrogens (primary N) is 1. The Morgan fingerprint density at radius 1 is 0.829 bits per heavy atom. The molecule has 0 aliphatic carbocycles. The van der Waals surface area contributed by atoms with Gasteiger partial charge in [0.05, 0.1) is 5.56 Å². The van der Waals surface area contributed by atoms with Crippen LogP contribution in [0.15, 0.2) is 48.5 Å². The van der Waals surface area contributed by atoms with Crippen LogP contribution >= 0.6 is 0 Å².